The van der Waals surface area contributed by atoms with Crippen molar-refractivity contribution in [2.45, 2.75) is 0 Å². The van der Waals surface area contributed by atoms with Crippen molar-refractivity contribution in [3.63, 3.8) is 0 Å². The predicted molar refractivity (Wildman–Crippen MR) is 27.2 cm³/mol. The summed E-state index contributed by atoms with van der Waals surface area (Å²) in [5, 5.41) is 13.2. The fourth-order valence-corrected chi connectivity index (χ4v) is 0.422. The average molecular weight is 114 g/mol. The summed E-state index contributed by atoms with van der Waals surface area (Å²) in [7, 11) is 0. The summed E-state index contributed by atoms with van der Waals surface area (Å²) in [6.45, 7) is 0.228. The Morgan fingerprint density at radius 1 is 1.75 bits per heavy atom. The third-order valence-electron chi connectivity index (χ3n) is 0.800. The third kappa shape index (κ3) is 0.900. The van der Waals surface area contributed by atoms with Gasteiger partial charge in [-0.3, -0.25) is 0 Å². The smallest absolute Gasteiger partial charge is 0.319 e. The molecule has 0 unspecified atom stereocenters. The summed E-state index contributed by atoms with van der Waals surface area (Å²) in [6.07, 6.45) is 1.26. The quantitative estimate of drug-likeness (QED) is 0.405. The van der Waals surface area contributed by atoms with Gasteiger partial charge in [-0.15, -0.1) is 0 Å². The van der Waals surface area contributed by atoms with Gasteiger partial charge in [-0.25, -0.2) is 4.79 Å². The van der Waals surface area contributed by atoms with Crippen LogP contribution in [0.1, 0.15) is 0 Å². The van der Waals surface area contributed by atoms with Crippen LogP contribution in [0.5, 0.6) is 0 Å². The highest BCUT2D eigenvalue weighted by molar-refractivity contribution is 5.76. The Labute approximate surface area is 46.2 Å². The summed E-state index contributed by atoms with van der Waals surface area (Å²) >= 11 is 0. The van der Waals surface area contributed by atoms with Crippen LogP contribution < -0.4 is 10.6 Å². The first-order valence-corrected chi connectivity index (χ1v) is 2.21. The molecule has 0 bridgehead atoms. The van der Waals surface area contributed by atoms with Crippen LogP contribution in [-0.4, -0.2) is 17.7 Å². The lowest BCUT2D eigenvalue weighted by atomic mass is 10.5. The molecule has 8 heavy (non-hydrogen) atoms. The van der Waals surface area contributed by atoms with Crippen LogP contribution in [0.2, 0.25) is 0 Å². The van der Waals surface area contributed by atoms with E-state index in [4.69, 9.17) is 5.11 Å². The van der Waals surface area contributed by atoms with Gasteiger partial charge >= 0.3 is 6.03 Å². The minimum absolute atomic E-state index is 0.143. The largest absolute Gasteiger partial charge is 0.509 e. The minimum Gasteiger partial charge on any atom is -0.509 e. The fraction of sp³-hybridized carbons (Fsp3) is 0.250. The number of hydrogen-bond donors (Lipinski definition) is 3. The zero-order valence-corrected chi connectivity index (χ0v) is 4.14. The normalized spacial score (nSPS) is 18.5. The predicted octanol–water partition coefficient (Wildman–Crippen LogP) is -0.301. The molecule has 1 aliphatic heterocycles. The van der Waals surface area contributed by atoms with Crippen molar-refractivity contribution in [3.8, 4) is 0 Å². The number of carbonyl (C=O) groups is 1. The number of hydrogen-bond acceptors (Lipinski definition) is 2. The van der Waals surface area contributed by atoms with Gasteiger partial charge < -0.3 is 15.7 Å². The average Bonchev–Trinajstić information content (AvgIpc) is 1.77. The maximum Gasteiger partial charge on any atom is 0.319 e. The monoisotopic (exact) mass is 114 g/mol. The molecule has 1 rings (SSSR count). The second kappa shape index (κ2) is 1.73. The van der Waals surface area contributed by atoms with Gasteiger partial charge in [-0.1, -0.05) is 0 Å². The van der Waals surface area contributed by atoms with Gasteiger partial charge in [0.05, 0.1) is 6.54 Å². The Balaban J connectivity index is 2.55. The van der Waals surface area contributed by atoms with Gasteiger partial charge in [0, 0.05) is 6.20 Å². The molecule has 3 N–H and O–H groups in total. The van der Waals surface area contributed by atoms with Crippen molar-refractivity contribution in [2.24, 2.45) is 0 Å². The standard InChI is InChI=1S/C4H6N2O2/c7-3-1-5-4(8)6-2-3/h1,7H,2H2,(H2,5,6,8). The van der Waals surface area contributed by atoms with Crippen molar-refractivity contribution in [2.75, 3.05) is 6.54 Å². The molecule has 0 saturated heterocycles. The first-order valence-electron chi connectivity index (χ1n) is 2.21. The van der Waals surface area contributed by atoms with Crippen molar-refractivity contribution < 1.29 is 9.90 Å². The van der Waals surface area contributed by atoms with E-state index in [0.29, 0.717) is 0 Å². The molecule has 0 atom stereocenters. The summed E-state index contributed by atoms with van der Waals surface area (Å²) in [5.74, 6) is 0.143. The summed E-state index contributed by atoms with van der Waals surface area (Å²) < 4.78 is 0. The van der Waals surface area contributed by atoms with E-state index < -0.39 is 0 Å². The molecule has 0 saturated carbocycles. The van der Waals surface area contributed by atoms with Gasteiger partial charge in [0.1, 0.15) is 5.76 Å². The highest BCUT2D eigenvalue weighted by Gasteiger charge is 2.04. The lowest BCUT2D eigenvalue weighted by Crippen LogP contribution is -2.38. The topological polar surface area (TPSA) is 61.4 Å². The van der Waals surface area contributed by atoms with Gasteiger partial charge in [0.2, 0.25) is 0 Å². The van der Waals surface area contributed by atoms with Crippen LogP contribution in [0.25, 0.3) is 0 Å². The molecule has 0 aromatic heterocycles. The summed E-state index contributed by atoms with van der Waals surface area (Å²) in [4.78, 5) is 10.2. The van der Waals surface area contributed by atoms with E-state index in [1.165, 1.54) is 6.20 Å². The van der Waals surface area contributed by atoms with Crippen molar-refractivity contribution >= 4 is 6.03 Å². The Kier molecular flexibility index (Phi) is 1.07. The number of aliphatic hydroxyl groups is 1. The fourth-order valence-electron chi connectivity index (χ4n) is 0.422. The number of aliphatic hydroxyl groups excluding tert-OH is 1. The van der Waals surface area contributed by atoms with Crippen molar-refractivity contribution in [3.05, 3.63) is 12.0 Å². The Bertz CT molecular complexity index is 141. The van der Waals surface area contributed by atoms with Gasteiger partial charge in [-0.05, 0) is 0 Å². The highest BCUT2D eigenvalue weighted by atomic mass is 16.3. The molecule has 0 aliphatic carbocycles. The Morgan fingerprint density at radius 2 is 2.50 bits per heavy atom. The molecule has 0 radical (unpaired) electrons. The van der Waals surface area contributed by atoms with E-state index in [2.05, 4.69) is 10.6 Å². The van der Waals surface area contributed by atoms with Gasteiger partial charge in [0.15, 0.2) is 0 Å². The molecule has 4 heteroatoms. The summed E-state index contributed by atoms with van der Waals surface area (Å²) in [6, 6.07) is -0.275. The minimum atomic E-state index is -0.275. The number of rotatable bonds is 0. The van der Waals surface area contributed by atoms with Crippen LogP contribution in [0, 0.1) is 0 Å². The molecule has 0 aromatic carbocycles. The van der Waals surface area contributed by atoms with Gasteiger partial charge in [0.25, 0.3) is 0 Å². The molecule has 0 aromatic rings. The number of nitrogens with one attached hydrogen (secondary N) is 2. The number of amides is 2. The molecule has 0 spiro atoms. The van der Waals surface area contributed by atoms with E-state index in [1.54, 1.807) is 0 Å². The van der Waals surface area contributed by atoms with Crippen LogP contribution >= 0.6 is 0 Å². The second-order valence-corrected chi connectivity index (χ2v) is 1.46. The molecular weight excluding hydrogens is 108 g/mol. The molecule has 0 fully saturated rings. The zero-order chi connectivity index (χ0) is 5.98. The van der Waals surface area contributed by atoms with E-state index in [9.17, 15) is 4.79 Å². The zero-order valence-electron chi connectivity index (χ0n) is 4.14. The Hall–Kier alpha value is -1.19. The van der Waals surface area contributed by atoms with E-state index in [1.807, 2.05) is 0 Å². The maximum absolute atomic E-state index is 10.2. The molecular formula is C4H6N2O2. The van der Waals surface area contributed by atoms with Crippen LogP contribution in [0.4, 0.5) is 4.79 Å². The summed E-state index contributed by atoms with van der Waals surface area (Å²) in [5.41, 5.74) is 0. The molecule has 1 heterocycles. The first kappa shape index (κ1) is 4.96. The van der Waals surface area contributed by atoms with E-state index >= 15 is 0 Å². The molecule has 4 nitrogen and oxygen atoms in total. The van der Waals surface area contributed by atoms with E-state index in [-0.39, 0.29) is 18.3 Å². The maximum atomic E-state index is 10.2. The molecule has 44 valence electrons. The first-order chi connectivity index (χ1) is 3.79. The molecule has 2 amide bonds. The highest BCUT2D eigenvalue weighted by Crippen LogP contribution is 1.86. The van der Waals surface area contributed by atoms with Crippen LogP contribution in [-0.2, 0) is 0 Å². The van der Waals surface area contributed by atoms with E-state index in [0.717, 1.165) is 0 Å². The lowest BCUT2D eigenvalue weighted by molar-refractivity contribution is 0.239. The number of urea groups is 1. The van der Waals surface area contributed by atoms with Gasteiger partial charge in [-0.2, -0.15) is 0 Å². The SMILES string of the molecule is O=C1NC=C(O)CN1. The Morgan fingerprint density at radius 3 is 2.88 bits per heavy atom. The number of carbonyl (C=O) groups excluding carboxylic acids is 1. The molecule has 1 aliphatic rings. The third-order valence-corrected chi connectivity index (χ3v) is 0.800. The van der Waals surface area contributed by atoms with Crippen LogP contribution in [0.3, 0.4) is 0 Å². The van der Waals surface area contributed by atoms with Crippen molar-refractivity contribution in [1.29, 1.82) is 0 Å². The van der Waals surface area contributed by atoms with Crippen molar-refractivity contribution in [1.82, 2.24) is 10.6 Å². The second-order valence-electron chi connectivity index (χ2n) is 1.46. The van der Waals surface area contributed by atoms with Crippen LogP contribution in [0.15, 0.2) is 12.0 Å². The lowest BCUT2D eigenvalue weighted by Gasteiger charge is -2.08.